The van der Waals surface area contributed by atoms with Crippen LogP contribution in [-0.2, 0) is 0 Å². The molecule has 0 fully saturated rings. The highest BCUT2D eigenvalue weighted by atomic mass is 127. The Hall–Kier alpha value is -1.08. The van der Waals surface area contributed by atoms with Crippen molar-refractivity contribution in [3.05, 3.63) is 56.1 Å². The molecule has 5 heteroatoms. The zero-order valence-electron chi connectivity index (χ0n) is 12.2. The van der Waals surface area contributed by atoms with E-state index in [9.17, 15) is 4.79 Å². The minimum absolute atomic E-state index is 0.171. The average Bonchev–Trinajstić information content (AvgIpc) is 2.49. The Morgan fingerprint density at radius 3 is 2.82 bits per heavy atom. The SMILES string of the molecule is CCCCOc1ccc(Br)cc1C(=O)Nc1cccc(I)c1. The zero-order chi connectivity index (χ0) is 15.9. The molecule has 0 aliphatic heterocycles. The Labute approximate surface area is 152 Å². The number of carbonyl (C=O) groups is 1. The number of carbonyl (C=O) groups excluding carboxylic acids is 1. The van der Waals surface area contributed by atoms with Crippen LogP contribution in [0.2, 0.25) is 0 Å². The van der Waals surface area contributed by atoms with Gasteiger partial charge in [0.05, 0.1) is 12.2 Å². The molecule has 2 aromatic carbocycles. The van der Waals surface area contributed by atoms with Crippen LogP contribution in [0.15, 0.2) is 46.9 Å². The van der Waals surface area contributed by atoms with Crippen LogP contribution < -0.4 is 10.1 Å². The predicted octanol–water partition coefficient (Wildman–Crippen LogP) is 5.48. The maximum absolute atomic E-state index is 12.5. The molecule has 0 saturated carbocycles. The molecule has 2 rings (SSSR count). The Morgan fingerprint density at radius 2 is 2.09 bits per heavy atom. The van der Waals surface area contributed by atoms with Gasteiger partial charge in [0.2, 0.25) is 0 Å². The van der Waals surface area contributed by atoms with Crippen molar-refractivity contribution >= 4 is 50.1 Å². The molecular formula is C17H17BrINO2. The summed E-state index contributed by atoms with van der Waals surface area (Å²) in [5, 5.41) is 2.91. The Balaban J connectivity index is 2.18. The number of benzene rings is 2. The van der Waals surface area contributed by atoms with Crippen molar-refractivity contribution in [1.29, 1.82) is 0 Å². The van der Waals surface area contributed by atoms with Gasteiger partial charge < -0.3 is 10.1 Å². The Morgan fingerprint density at radius 1 is 1.27 bits per heavy atom. The van der Waals surface area contributed by atoms with E-state index >= 15 is 0 Å². The largest absolute Gasteiger partial charge is 0.493 e. The van der Waals surface area contributed by atoms with E-state index in [1.165, 1.54) is 0 Å². The van der Waals surface area contributed by atoms with E-state index < -0.39 is 0 Å². The maximum Gasteiger partial charge on any atom is 0.259 e. The second-order valence-electron chi connectivity index (χ2n) is 4.81. The fourth-order valence-electron chi connectivity index (χ4n) is 1.90. The predicted molar refractivity (Wildman–Crippen MR) is 102 cm³/mol. The first-order valence-electron chi connectivity index (χ1n) is 7.09. The van der Waals surface area contributed by atoms with Gasteiger partial charge in [-0.05, 0) is 65.4 Å². The molecular weight excluding hydrogens is 457 g/mol. The van der Waals surface area contributed by atoms with Crippen molar-refractivity contribution in [3.63, 3.8) is 0 Å². The summed E-state index contributed by atoms with van der Waals surface area (Å²) in [6, 6.07) is 13.2. The van der Waals surface area contributed by atoms with Gasteiger partial charge in [0.25, 0.3) is 5.91 Å². The minimum atomic E-state index is -0.171. The molecule has 0 unspecified atom stereocenters. The molecule has 0 atom stereocenters. The summed E-state index contributed by atoms with van der Waals surface area (Å²) in [5.74, 6) is 0.439. The van der Waals surface area contributed by atoms with E-state index in [0.29, 0.717) is 17.9 Å². The Kier molecular flexibility index (Phi) is 6.70. The van der Waals surface area contributed by atoms with E-state index in [1.54, 1.807) is 6.07 Å². The third-order valence-corrected chi connectivity index (χ3v) is 4.19. The van der Waals surface area contributed by atoms with E-state index in [2.05, 4.69) is 50.8 Å². The molecule has 0 heterocycles. The summed E-state index contributed by atoms with van der Waals surface area (Å²) in [6.07, 6.45) is 2.02. The van der Waals surface area contributed by atoms with Crippen molar-refractivity contribution in [3.8, 4) is 5.75 Å². The van der Waals surface area contributed by atoms with Gasteiger partial charge in [0, 0.05) is 13.7 Å². The van der Waals surface area contributed by atoms with Gasteiger partial charge in [0.15, 0.2) is 0 Å². The molecule has 116 valence electrons. The van der Waals surface area contributed by atoms with Crippen LogP contribution in [0.3, 0.4) is 0 Å². The van der Waals surface area contributed by atoms with Crippen LogP contribution in [0, 0.1) is 3.57 Å². The lowest BCUT2D eigenvalue weighted by Crippen LogP contribution is -2.14. The van der Waals surface area contributed by atoms with Crippen molar-refractivity contribution in [2.24, 2.45) is 0 Å². The third-order valence-electron chi connectivity index (χ3n) is 3.02. The fraction of sp³-hybridized carbons (Fsp3) is 0.235. The van der Waals surface area contributed by atoms with Crippen LogP contribution in [0.25, 0.3) is 0 Å². The molecule has 22 heavy (non-hydrogen) atoms. The number of halogens is 2. The first kappa shape index (κ1) is 17.3. The van der Waals surface area contributed by atoms with E-state index in [1.807, 2.05) is 36.4 Å². The van der Waals surface area contributed by atoms with Crippen LogP contribution in [0.1, 0.15) is 30.1 Å². The van der Waals surface area contributed by atoms with Crippen molar-refractivity contribution in [2.45, 2.75) is 19.8 Å². The standard InChI is InChI=1S/C17H17BrINO2/c1-2-3-9-22-16-8-7-12(18)10-15(16)17(21)20-14-6-4-5-13(19)11-14/h4-8,10-11H,2-3,9H2,1H3,(H,20,21). The van der Waals surface area contributed by atoms with Gasteiger partial charge in [-0.25, -0.2) is 0 Å². The lowest BCUT2D eigenvalue weighted by Gasteiger charge is -2.12. The normalized spacial score (nSPS) is 10.3. The van der Waals surface area contributed by atoms with E-state index in [0.717, 1.165) is 26.6 Å². The second-order valence-corrected chi connectivity index (χ2v) is 6.97. The average molecular weight is 474 g/mol. The molecule has 0 aliphatic rings. The van der Waals surface area contributed by atoms with Gasteiger partial charge in [-0.1, -0.05) is 35.3 Å². The highest BCUT2D eigenvalue weighted by molar-refractivity contribution is 14.1. The van der Waals surface area contributed by atoms with E-state index in [-0.39, 0.29) is 5.91 Å². The topological polar surface area (TPSA) is 38.3 Å². The number of rotatable bonds is 6. The van der Waals surface area contributed by atoms with Crippen LogP contribution in [-0.4, -0.2) is 12.5 Å². The molecule has 1 N–H and O–H groups in total. The lowest BCUT2D eigenvalue weighted by molar-refractivity contribution is 0.102. The fourth-order valence-corrected chi connectivity index (χ4v) is 2.80. The quantitative estimate of drug-likeness (QED) is 0.445. The van der Waals surface area contributed by atoms with Crippen LogP contribution in [0.5, 0.6) is 5.75 Å². The second kappa shape index (κ2) is 8.53. The molecule has 2 aromatic rings. The molecule has 0 bridgehead atoms. The summed E-state index contributed by atoms with van der Waals surface area (Å²) in [6.45, 7) is 2.72. The van der Waals surface area contributed by atoms with Crippen LogP contribution >= 0.6 is 38.5 Å². The van der Waals surface area contributed by atoms with Gasteiger partial charge >= 0.3 is 0 Å². The molecule has 0 saturated heterocycles. The number of anilines is 1. The van der Waals surface area contributed by atoms with Crippen molar-refractivity contribution in [2.75, 3.05) is 11.9 Å². The minimum Gasteiger partial charge on any atom is -0.493 e. The summed E-state index contributed by atoms with van der Waals surface area (Å²) in [4.78, 5) is 12.5. The monoisotopic (exact) mass is 473 g/mol. The third kappa shape index (κ3) is 4.98. The maximum atomic E-state index is 12.5. The number of amides is 1. The van der Waals surface area contributed by atoms with Gasteiger partial charge in [-0.15, -0.1) is 0 Å². The molecule has 3 nitrogen and oxygen atoms in total. The first-order chi connectivity index (χ1) is 10.6. The van der Waals surface area contributed by atoms with Crippen LogP contribution in [0.4, 0.5) is 5.69 Å². The zero-order valence-corrected chi connectivity index (χ0v) is 16.0. The van der Waals surface area contributed by atoms with Crippen molar-refractivity contribution < 1.29 is 9.53 Å². The highest BCUT2D eigenvalue weighted by Crippen LogP contribution is 2.25. The number of hydrogen-bond donors (Lipinski definition) is 1. The molecule has 1 amide bonds. The number of nitrogens with one attached hydrogen (secondary N) is 1. The molecule has 0 aliphatic carbocycles. The van der Waals surface area contributed by atoms with Gasteiger partial charge in [-0.2, -0.15) is 0 Å². The summed E-state index contributed by atoms with van der Waals surface area (Å²) in [5.41, 5.74) is 1.31. The summed E-state index contributed by atoms with van der Waals surface area (Å²) in [7, 11) is 0. The lowest BCUT2D eigenvalue weighted by atomic mass is 10.2. The van der Waals surface area contributed by atoms with E-state index in [4.69, 9.17) is 4.74 Å². The number of ether oxygens (including phenoxy) is 1. The van der Waals surface area contributed by atoms with Gasteiger partial charge in [0.1, 0.15) is 5.75 Å². The van der Waals surface area contributed by atoms with Crippen molar-refractivity contribution in [1.82, 2.24) is 0 Å². The van der Waals surface area contributed by atoms with Gasteiger partial charge in [-0.3, -0.25) is 4.79 Å². The molecule has 0 radical (unpaired) electrons. The smallest absolute Gasteiger partial charge is 0.259 e. The summed E-state index contributed by atoms with van der Waals surface area (Å²) < 4.78 is 7.66. The molecule has 0 aromatic heterocycles. The Bertz CT molecular complexity index is 661. The number of hydrogen-bond acceptors (Lipinski definition) is 2. The highest BCUT2D eigenvalue weighted by Gasteiger charge is 2.14. The molecule has 0 spiro atoms. The number of unbranched alkanes of at least 4 members (excludes halogenated alkanes) is 1. The summed E-state index contributed by atoms with van der Waals surface area (Å²) >= 11 is 5.62. The first-order valence-corrected chi connectivity index (χ1v) is 8.96.